The first-order valence-corrected chi connectivity index (χ1v) is 11.9. The molecule has 0 spiro atoms. The Balaban J connectivity index is 1.56. The maximum atomic E-state index is 13.4. The predicted octanol–water partition coefficient (Wildman–Crippen LogP) is 4.94. The fourth-order valence-electron chi connectivity index (χ4n) is 4.09. The van der Waals surface area contributed by atoms with Crippen LogP contribution in [0.3, 0.4) is 0 Å². The van der Waals surface area contributed by atoms with Gasteiger partial charge >= 0.3 is 6.09 Å². The summed E-state index contributed by atoms with van der Waals surface area (Å²) < 4.78 is 19.1. The molecule has 4 rings (SSSR count). The largest absolute Gasteiger partial charge is 0.438 e. The molecule has 0 saturated carbocycles. The molecule has 0 radical (unpaired) electrons. The molecule has 3 amide bonds. The Kier molecular flexibility index (Phi) is 7.95. The van der Waals surface area contributed by atoms with Crippen molar-refractivity contribution in [1.29, 1.82) is 0 Å². The second-order valence-corrected chi connectivity index (χ2v) is 8.63. The first-order chi connectivity index (χ1) is 17.4. The zero-order chi connectivity index (χ0) is 25.5. The topological polar surface area (TPSA) is 87.7 Å². The van der Waals surface area contributed by atoms with Crippen molar-refractivity contribution in [2.24, 2.45) is 0 Å². The smallest absolute Gasteiger partial charge is 0.411 e. The minimum Gasteiger partial charge on any atom is -0.438 e. The highest BCUT2D eigenvalue weighted by Gasteiger charge is 2.46. The fraction of sp³-hybridized carbons (Fsp3) is 0.250. The number of nitrogens with zero attached hydrogens (tertiary/aromatic N) is 1. The highest BCUT2D eigenvalue weighted by Crippen LogP contribution is 2.34. The van der Waals surface area contributed by atoms with Crippen molar-refractivity contribution in [3.63, 3.8) is 0 Å². The van der Waals surface area contributed by atoms with Crippen molar-refractivity contribution in [1.82, 2.24) is 10.2 Å². The van der Waals surface area contributed by atoms with E-state index in [0.29, 0.717) is 29.8 Å². The third-order valence-electron chi connectivity index (χ3n) is 5.93. The minimum atomic E-state index is -0.938. The molecule has 36 heavy (non-hydrogen) atoms. The Morgan fingerprint density at radius 1 is 0.944 bits per heavy atom. The van der Waals surface area contributed by atoms with E-state index in [-0.39, 0.29) is 24.2 Å². The van der Waals surface area contributed by atoms with Gasteiger partial charge in [-0.15, -0.1) is 0 Å². The van der Waals surface area contributed by atoms with Crippen LogP contribution in [0, 0.1) is 5.82 Å². The van der Waals surface area contributed by atoms with E-state index in [2.05, 4.69) is 10.6 Å². The summed E-state index contributed by atoms with van der Waals surface area (Å²) in [6.45, 7) is 2.31. The normalized spacial score (nSPS) is 16.9. The van der Waals surface area contributed by atoms with Gasteiger partial charge in [-0.05, 0) is 47.4 Å². The predicted molar refractivity (Wildman–Crippen MR) is 133 cm³/mol. The molecule has 0 unspecified atom stereocenters. The number of hydrogen-bond acceptors (Lipinski definition) is 4. The monoisotopic (exact) mass is 489 g/mol. The van der Waals surface area contributed by atoms with Gasteiger partial charge in [0.05, 0.1) is 6.54 Å². The average Bonchev–Trinajstić information content (AvgIpc) is 3.21. The quantitative estimate of drug-likeness (QED) is 0.446. The molecule has 3 aromatic rings. The van der Waals surface area contributed by atoms with Gasteiger partial charge in [0.15, 0.2) is 12.1 Å². The fourth-order valence-corrected chi connectivity index (χ4v) is 4.09. The van der Waals surface area contributed by atoms with Crippen LogP contribution in [0.4, 0.5) is 14.9 Å². The number of cyclic esters (lactones) is 1. The number of anilines is 1. The van der Waals surface area contributed by atoms with Gasteiger partial charge in [0, 0.05) is 18.7 Å². The maximum absolute atomic E-state index is 13.4. The van der Waals surface area contributed by atoms with Gasteiger partial charge in [-0.2, -0.15) is 0 Å². The van der Waals surface area contributed by atoms with E-state index in [0.717, 1.165) is 12.0 Å². The highest BCUT2D eigenvalue weighted by molar-refractivity contribution is 5.91. The Morgan fingerprint density at radius 2 is 1.64 bits per heavy atom. The van der Waals surface area contributed by atoms with Crippen LogP contribution in [0.15, 0.2) is 78.9 Å². The van der Waals surface area contributed by atoms with Crippen LogP contribution in [0.5, 0.6) is 0 Å². The van der Waals surface area contributed by atoms with E-state index in [1.165, 1.54) is 17.0 Å². The minimum absolute atomic E-state index is 0.0822. The summed E-state index contributed by atoms with van der Waals surface area (Å²) in [5.41, 5.74) is 2.84. The Hall–Kier alpha value is -4.20. The van der Waals surface area contributed by atoms with E-state index >= 15 is 0 Å². The van der Waals surface area contributed by atoms with Gasteiger partial charge in [0.2, 0.25) is 11.8 Å². The third kappa shape index (κ3) is 6.07. The number of hydrogen-bond donors (Lipinski definition) is 2. The first-order valence-electron chi connectivity index (χ1n) is 11.9. The SMILES string of the molecule is CCCC(=O)Nc1ccc([C@@H]2OC(=O)N(Cc3ccc(F)cc3)[C@H]2C(=O)NCc2ccccc2)cc1. The molecule has 1 aliphatic rings. The van der Waals surface area contributed by atoms with Gasteiger partial charge in [0.1, 0.15) is 5.82 Å². The van der Waals surface area contributed by atoms with Gasteiger partial charge in [-0.3, -0.25) is 14.5 Å². The summed E-state index contributed by atoms with van der Waals surface area (Å²) in [5, 5.41) is 5.73. The highest BCUT2D eigenvalue weighted by atomic mass is 19.1. The summed E-state index contributed by atoms with van der Waals surface area (Å²) >= 11 is 0. The Labute approximate surface area is 209 Å². The number of ether oxygens (including phenoxy) is 1. The second kappa shape index (κ2) is 11.5. The standard InChI is InChI=1S/C28H28FN3O4/c1-2-6-24(33)31-23-15-11-21(12-16-23)26-25(27(34)30-17-19-7-4-3-5-8-19)32(28(35)36-26)18-20-9-13-22(29)14-10-20/h3-5,7-16,25-26H,2,6,17-18H2,1H3,(H,30,34)(H,31,33)/t25-,26+/m1/s1. The van der Waals surface area contributed by atoms with Crippen LogP contribution in [0.1, 0.15) is 42.6 Å². The zero-order valence-electron chi connectivity index (χ0n) is 19.9. The van der Waals surface area contributed by atoms with Crippen molar-refractivity contribution < 1.29 is 23.5 Å². The molecule has 2 N–H and O–H groups in total. The van der Waals surface area contributed by atoms with Crippen molar-refractivity contribution in [3.05, 3.63) is 101 Å². The lowest BCUT2D eigenvalue weighted by Gasteiger charge is -2.24. The number of nitrogens with one attached hydrogen (secondary N) is 2. The molecule has 1 aliphatic heterocycles. The third-order valence-corrected chi connectivity index (χ3v) is 5.93. The van der Waals surface area contributed by atoms with Crippen molar-refractivity contribution in [2.75, 3.05) is 5.32 Å². The van der Waals surface area contributed by atoms with Crippen molar-refractivity contribution in [2.45, 2.75) is 45.0 Å². The molecule has 186 valence electrons. The molecule has 0 aromatic heterocycles. The zero-order valence-corrected chi connectivity index (χ0v) is 19.9. The van der Waals surface area contributed by atoms with Gasteiger partial charge in [-0.25, -0.2) is 9.18 Å². The number of halogens is 1. The molecule has 0 bridgehead atoms. The molecule has 3 aromatic carbocycles. The number of carbonyl (C=O) groups is 3. The molecule has 0 aliphatic carbocycles. The molecule has 7 nitrogen and oxygen atoms in total. The van der Waals surface area contributed by atoms with Gasteiger partial charge in [0.25, 0.3) is 0 Å². The van der Waals surface area contributed by atoms with E-state index < -0.39 is 18.2 Å². The van der Waals surface area contributed by atoms with Crippen LogP contribution in [-0.2, 0) is 27.4 Å². The summed E-state index contributed by atoms with van der Waals surface area (Å²) in [6, 6.07) is 21.2. The van der Waals surface area contributed by atoms with Crippen molar-refractivity contribution in [3.8, 4) is 0 Å². The van der Waals surface area contributed by atoms with Crippen LogP contribution in [-0.4, -0.2) is 28.8 Å². The second-order valence-electron chi connectivity index (χ2n) is 8.63. The number of rotatable bonds is 9. The number of carbonyl (C=O) groups excluding carboxylic acids is 3. The van der Waals surface area contributed by atoms with Gasteiger partial charge in [-0.1, -0.05) is 61.5 Å². The van der Waals surface area contributed by atoms with E-state index in [4.69, 9.17) is 4.74 Å². The molecule has 1 saturated heterocycles. The van der Waals surface area contributed by atoms with Crippen LogP contribution in [0.25, 0.3) is 0 Å². The molecule has 1 heterocycles. The molecule has 2 atom stereocenters. The Morgan fingerprint density at radius 3 is 2.31 bits per heavy atom. The lowest BCUT2D eigenvalue weighted by molar-refractivity contribution is -0.126. The number of amides is 3. The summed E-state index contributed by atoms with van der Waals surface area (Å²) in [4.78, 5) is 39.5. The maximum Gasteiger partial charge on any atom is 0.411 e. The summed E-state index contributed by atoms with van der Waals surface area (Å²) in [6.07, 6.45) is -0.325. The number of benzene rings is 3. The lowest BCUT2D eigenvalue weighted by Crippen LogP contribution is -2.46. The molecular weight excluding hydrogens is 461 g/mol. The van der Waals surface area contributed by atoms with Crippen LogP contribution in [0.2, 0.25) is 0 Å². The van der Waals surface area contributed by atoms with Gasteiger partial charge < -0.3 is 15.4 Å². The lowest BCUT2D eigenvalue weighted by atomic mass is 10.00. The summed E-state index contributed by atoms with van der Waals surface area (Å²) in [5.74, 6) is -0.831. The molecule has 1 fully saturated rings. The van der Waals surface area contributed by atoms with E-state index in [1.807, 2.05) is 37.3 Å². The summed E-state index contributed by atoms with van der Waals surface area (Å²) in [7, 11) is 0. The van der Waals surface area contributed by atoms with Crippen LogP contribution < -0.4 is 10.6 Å². The van der Waals surface area contributed by atoms with E-state index in [9.17, 15) is 18.8 Å². The first kappa shape index (κ1) is 24.9. The Bertz CT molecular complexity index is 1200. The van der Waals surface area contributed by atoms with Crippen molar-refractivity contribution >= 4 is 23.6 Å². The van der Waals surface area contributed by atoms with E-state index in [1.54, 1.807) is 36.4 Å². The van der Waals surface area contributed by atoms with Crippen LogP contribution >= 0.6 is 0 Å². The molecule has 8 heteroatoms. The average molecular weight is 490 g/mol. The molecular formula is C28H28FN3O4.